The molecule has 0 spiro atoms. The van der Waals surface area contributed by atoms with Crippen molar-refractivity contribution < 1.29 is 203 Å². The zero-order valence-electron chi connectivity index (χ0n) is 8.25. The number of rotatable bonds is 4. The van der Waals surface area contributed by atoms with Crippen LogP contribution in [-0.2, 0) is 34.6 Å². The molecule has 0 atom stereocenters. The molecule has 12 heteroatoms. The largest absolute Gasteiger partial charge is 1.00 e. The van der Waals surface area contributed by atoms with E-state index < -0.39 is 31.7 Å². The molecule has 0 aromatic carbocycles. The number of carbonyl (C=O) groups is 2. The third-order valence-electron chi connectivity index (χ3n) is 0.642. The van der Waals surface area contributed by atoms with Gasteiger partial charge in [-0.05, 0) is 0 Å². The molecule has 0 unspecified atom stereocenters. The standard InChI is InChI=1S/C3H3O5.Cr.3K.3O/c4-1(2(5)6)3(7)8;;;;;;;/h1H,(H,5,6)(H,7,8);;;;;;;/q-1;4*+1;;;-1/p-2. The quantitative estimate of drug-likeness (QED) is 0.364. The molecular weight excluding hydrogens is 333 g/mol. The van der Waals surface area contributed by atoms with Gasteiger partial charge in [0.25, 0.3) is 0 Å². The summed E-state index contributed by atoms with van der Waals surface area (Å²) in [5, 5.41) is 19.5. The van der Waals surface area contributed by atoms with Crippen LogP contribution in [0.4, 0.5) is 0 Å². The van der Waals surface area contributed by atoms with E-state index >= 15 is 0 Å². The molecule has 0 radical (unpaired) electrons. The molecule has 70 valence electrons. The van der Waals surface area contributed by atoms with Gasteiger partial charge in [-0.15, -0.1) is 0 Å². The van der Waals surface area contributed by atoms with Crippen LogP contribution in [0.25, 0.3) is 0 Å². The molecule has 0 amide bonds. The van der Waals surface area contributed by atoms with Crippen molar-refractivity contribution >= 4 is 11.9 Å². The summed E-state index contributed by atoms with van der Waals surface area (Å²) in [4.78, 5) is 19.5. The average Bonchev–Trinajstić information content (AvgIpc) is 1.79. The number of aliphatic carboxylic acids is 2. The van der Waals surface area contributed by atoms with Gasteiger partial charge >= 0.3 is 221 Å². The Balaban J connectivity index is -0.000000202. The molecule has 0 bridgehead atoms. The summed E-state index contributed by atoms with van der Waals surface area (Å²) < 4.78 is 32.4. The first kappa shape index (κ1) is 27.3. The molecule has 0 saturated carbocycles. The third kappa shape index (κ3) is 15.8. The fourth-order valence-electron chi connectivity index (χ4n) is 0.293. The average molecular weight is 334 g/mol. The van der Waals surface area contributed by atoms with Crippen molar-refractivity contribution in [1.29, 1.82) is 0 Å². The first-order chi connectivity index (χ1) is 5.24. The predicted molar refractivity (Wildman–Crippen MR) is 16.3 cm³/mol. The van der Waals surface area contributed by atoms with Crippen LogP contribution in [0.15, 0.2) is 0 Å². The molecule has 0 aliphatic heterocycles. The van der Waals surface area contributed by atoms with Crippen molar-refractivity contribution in [3.8, 4) is 0 Å². The molecule has 0 aromatic rings. The van der Waals surface area contributed by atoms with Crippen molar-refractivity contribution in [2.75, 3.05) is 0 Å². The summed E-state index contributed by atoms with van der Waals surface area (Å²) in [6.45, 7) is 0. The predicted octanol–water partition coefficient (Wildman–Crippen LogP) is -14.1. The van der Waals surface area contributed by atoms with Crippen LogP contribution in [0.3, 0.4) is 0 Å². The summed E-state index contributed by atoms with van der Waals surface area (Å²) in [6.07, 6.45) is -2.88. The molecule has 0 aromatic heterocycles. The van der Waals surface area contributed by atoms with Gasteiger partial charge in [0.1, 0.15) is 0 Å². The van der Waals surface area contributed by atoms with Crippen LogP contribution in [0.5, 0.6) is 0 Å². The van der Waals surface area contributed by atoms with Crippen molar-refractivity contribution in [3.05, 3.63) is 0 Å². The number of hydrogen-bond donors (Lipinski definition) is 0. The topological polar surface area (TPSA) is 147 Å². The molecule has 0 saturated heterocycles. The number of carboxylic acids is 2. The minimum absolute atomic E-state index is 0. The van der Waals surface area contributed by atoms with Crippen LogP contribution < -0.4 is 169 Å². The maximum absolute atomic E-state index is 9.77. The second-order valence-electron chi connectivity index (χ2n) is 1.52. The number of carbonyl (C=O) groups excluding carboxylic acids is 2. The Hall–Kier alpha value is 3.90. The maximum Gasteiger partial charge on any atom is 1.00 e. The Morgan fingerprint density at radius 1 is 1.00 bits per heavy atom. The van der Waals surface area contributed by atoms with Gasteiger partial charge in [-0.3, -0.25) is 0 Å². The van der Waals surface area contributed by atoms with Crippen LogP contribution in [-0.4, -0.2) is 18.0 Å². The molecule has 0 aliphatic rings. The maximum atomic E-state index is 9.77. The molecule has 0 heterocycles. The van der Waals surface area contributed by atoms with Crippen molar-refractivity contribution in [1.82, 2.24) is 0 Å². The summed E-state index contributed by atoms with van der Waals surface area (Å²) in [7, 11) is 0. The van der Waals surface area contributed by atoms with Gasteiger partial charge < -0.3 is 0 Å². The van der Waals surface area contributed by atoms with E-state index in [9.17, 15) is 31.6 Å². The van der Waals surface area contributed by atoms with Crippen LogP contribution in [0.1, 0.15) is 0 Å². The molecule has 0 fully saturated rings. The van der Waals surface area contributed by atoms with Gasteiger partial charge in [0.05, 0.1) is 0 Å². The second kappa shape index (κ2) is 12.9. The zero-order valence-corrected chi connectivity index (χ0v) is 18.9. The molecule has 0 rings (SSSR count). The van der Waals surface area contributed by atoms with Crippen molar-refractivity contribution in [3.63, 3.8) is 0 Å². The van der Waals surface area contributed by atoms with E-state index in [-0.39, 0.29) is 154 Å². The van der Waals surface area contributed by atoms with Gasteiger partial charge in [0.2, 0.25) is 0 Å². The van der Waals surface area contributed by atoms with Gasteiger partial charge in [0, 0.05) is 0 Å². The molecule has 15 heavy (non-hydrogen) atoms. The minimum atomic E-state index is -6.10. The third-order valence-corrected chi connectivity index (χ3v) is 1.31. The Bertz CT molecular complexity index is 284. The van der Waals surface area contributed by atoms with E-state index in [1.165, 1.54) is 0 Å². The van der Waals surface area contributed by atoms with Crippen molar-refractivity contribution in [2.24, 2.45) is 0 Å². The minimum Gasteiger partial charge on any atom is 1.00 e. The van der Waals surface area contributed by atoms with E-state index in [0.717, 1.165) is 0 Å². The monoisotopic (exact) mass is 334 g/mol. The SMILES string of the molecule is O=C([O-])C([O][Cr](=[O])(=[O])[O-])C(=O)[O-].[K+].[K+].[K+]. The summed E-state index contributed by atoms with van der Waals surface area (Å²) in [5.41, 5.74) is 0. The fraction of sp³-hybridized carbons (Fsp3) is 0.333. The summed E-state index contributed by atoms with van der Waals surface area (Å²) in [6, 6.07) is 0. The van der Waals surface area contributed by atoms with Crippen molar-refractivity contribution in [2.45, 2.75) is 6.10 Å². The van der Waals surface area contributed by atoms with Gasteiger partial charge in [-0.1, -0.05) is 0 Å². The Kier molecular flexibility index (Phi) is 23.5. The number of carboxylic acid groups (broad SMARTS) is 2. The normalized spacial score (nSPS) is 9.20. The molecule has 8 nitrogen and oxygen atoms in total. The van der Waals surface area contributed by atoms with E-state index in [4.69, 9.17) is 0 Å². The first-order valence-electron chi connectivity index (χ1n) is 2.30. The number of hydrogen-bond acceptors (Lipinski definition) is 8. The fourth-order valence-corrected chi connectivity index (χ4v) is 0.906. The van der Waals surface area contributed by atoms with Gasteiger partial charge in [0.15, 0.2) is 0 Å². The summed E-state index contributed by atoms with van der Waals surface area (Å²) >= 11 is -6.10. The smallest absolute Gasteiger partial charge is 1.00 e. The second-order valence-corrected chi connectivity index (χ2v) is 3.10. The molecule has 0 N–H and O–H groups in total. The Labute approximate surface area is 215 Å². The Morgan fingerprint density at radius 3 is 1.33 bits per heavy atom. The van der Waals surface area contributed by atoms with Crippen LogP contribution >= 0.6 is 0 Å². The zero-order chi connectivity index (χ0) is 9.94. The molecular formula is C3HCrK3O8. The van der Waals surface area contributed by atoms with E-state index in [2.05, 4.69) is 3.79 Å². The van der Waals surface area contributed by atoms with Crippen LogP contribution in [0, 0.1) is 0 Å². The van der Waals surface area contributed by atoms with E-state index in [0.29, 0.717) is 0 Å². The van der Waals surface area contributed by atoms with E-state index in [1.807, 2.05) is 0 Å². The van der Waals surface area contributed by atoms with E-state index in [1.54, 1.807) is 0 Å². The van der Waals surface area contributed by atoms with Gasteiger partial charge in [-0.2, -0.15) is 0 Å². The first-order valence-corrected chi connectivity index (χ1v) is 4.38. The summed E-state index contributed by atoms with van der Waals surface area (Å²) in [5.74, 6) is -4.72. The molecule has 0 aliphatic carbocycles. The van der Waals surface area contributed by atoms with Crippen LogP contribution in [0.2, 0.25) is 0 Å². The van der Waals surface area contributed by atoms with Gasteiger partial charge in [-0.25, -0.2) is 0 Å². The Morgan fingerprint density at radius 2 is 1.27 bits per heavy atom.